The van der Waals surface area contributed by atoms with E-state index in [1.807, 2.05) is 0 Å². The third-order valence-corrected chi connectivity index (χ3v) is 4.33. The SMILES string of the molecule is NCC(O)CNc1cc2c(cc1F)C(=O)N(C1CCC(=O)NC1=O)C2=O. The fraction of sp³-hybridized carbons (Fsp3) is 0.375. The van der Waals surface area contributed by atoms with Gasteiger partial charge >= 0.3 is 0 Å². The number of piperidine rings is 1. The highest BCUT2D eigenvalue weighted by atomic mass is 19.1. The summed E-state index contributed by atoms with van der Waals surface area (Å²) in [5.74, 6) is -3.51. The molecule has 2 aliphatic heterocycles. The molecule has 2 unspecified atom stereocenters. The van der Waals surface area contributed by atoms with Crippen molar-refractivity contribution in [3.8, 4) is 0 Å². The summed E-state index contributed by atoms with van der Waals surface area (Å²) in [4.78, 5) is 49.1. The summed E-state index contributed by atoms with van der Waals surface area (Å²) in [5.41, 5.74) is 5.01. The predicted octanol–water partition coefficient (Wildman–Crippen LogP) is -1.04. The Labute approximate surface area is 147 Å². The number of carbonyl (C=O) groups excluding carboxylic acids is 4. The van der Waals surface area contributed by atoms with E-state index in [9.17, 15) is 28.7 Å². The van der Waals surface area contributed by atoms with E-state index in [1.165, 1.54) is 6.07 Å². The van der Waals surface area contributed by atoms with E-state index in [0.717, 1.165) is 11.0 Å². The van der Waals surface area contributed by atoms with Crippen molar-refractivity contribution < 1.29 is 28.7 Å². The van der Waals surface area contributed by atoms with Gasteiger partial charge in [-0.25, -0.2) is 4.39 Å². The van der Waals surface area contributed by atoms with Gasteiger partial charge in [-0.15, -0.1) is 0 Å². The van der Waals surface area contributed by atoms with Crippen LogP contribution in [0.25, 0.3) is 0 Å². The molecule has 4 amide bonds. The Morgan fingerprint density at radius 1 is 1.27 bits per heavy atom. The first-order valence-electron chi connectivity index (χ1n) is 8.00. The van der Waals surface area contributed by atoms with E-state index in [-0.39, 0.29) is 42.7 Å². The number of anilines is 1. The van der Waals surface area contributed by atoms with Crippen molar-refractivity contribution in [2.24, 2.45) is 5.73 Å². The average Bonchev–Trinajstić information content (AvgIpc) is 2.83. The molecule has 3 rings (SSSR count). The topological polar surface area (TPSA) is 142 Å². The van der Waals surface area contributed by atoms with Gasteiger partial charge in [-0.05, 0) is 18.6 Å². The number of benzene rings is 1. The number of aliphatic hydroxyl groups is 1. The van der Waals surface area contributed by atoms with E-state index in [0.29, 0.717) is 0 Å². The minimum absolute atomic E-state index is 0.00194. The van der Waals surface area contributed by atoms with Crippen molar-refractivity contribution >= 4 is 29.3 Å². The molecule has 2 atom stereocenters. The van der Waals surface area contributed by atoms with Crippen LogP contribution in [0.2, 0.25) is 0 Å². The predicted molar refractivity (Wildman–Crippen MR) is 86.6 cm³/mol. The van der Waals surface area contributed by atoms with Crippen LogP contribution >= 0.6 is 0 Å². The summed E-state index contributed by atoms with van der Waals surface area (Å²) in [6.07, 6.45) is -0.881. The number of carbonyl (C=O) groups is 4. The monoisotopic (exact) mass is 364 g/mol. The second-order valence-electron chi connectivity index (χ2n) is 6.10. The number of nitrogens with zero attached hydrogens (tertiary/aromatic N) is 1. The van der Waals surface area contributed by atoms with Gasteiger partial charge in [0.05, 0.1) is 22.9 Å². The van der Waals surface area contributed by atoms with Crippen LogP contribution in [0.5, 0.6) is 0 Å². The molecule has 0 aliphatic carbocycles. The van der Waals surface area contributed by atoms with Gasteiger partial charge < -0.3 is 16.2 Å². The molecular formula is C16H17FN4O5. The Bertz CT molecular complexity index is 812. The summed E-state index contributed by atoms with van der Waals surface area (Å²) < 4.78 is 14.2. The lowest BCUT2D eigenvalue weighted by Gasteiger charge is -2.27. The van der Waals surface area contributed by atoms with Gasteiger partial charge in [0.1, 0.15) is 11.9 Å². The average molecular weight is 364 g/mol. The van der Waals surface area contributed by atoms with Crippen molar-refractivity contribution in [1.29, 1.82) is 0 Å². The number of halogens is 1. The summed E-state index contributed by atoms with van der Waals surface area (Å²) in [6.45, 7) is -0.0640. The Balaban J connectivity index is 1.88. The molecule has 1 fully saturated rings. The lowest BCUT2D eigenvalue weighted by molar-refractivity contribution is -0.136. The zero-order chi connectivity index (χ0) is 19.0. The van der Waals surface area contributed by atoms with Gasteiger partial charge in [-0.2, -0.15) is 0 Å². The molecule has 1 aromatic rings. The zero-order valence-electron chi connectivity index (χ0n) is 13.6. The van der Waals surface area contributed by atoms with Crippen molar-refractivity contribution in [2.75, 3.05) is 18.4 Å². The fourth-order valence-corrected chi connectivity index (χ4v) is 2.94. The highest BCUT2D eigenvalue weighted by molar-refractivity contribution is 6.23. The largest absolute Gasteiger partial charge is 0.390 e. The van der Waals surface area contributed by atoms with E-state index < -0.39 is 41.6 Å². The Morgan fingerprint density at radius 3 is 2.54 bits per heavy atom. The molecule has 10 heteroatoms. The third-order valence-electron chi connectivity index (χ3n) is 4.33. The molecule has 1 aromatic carbocycles. The molecule has 0 aromatic heterocycles. The fourth-order valence-electron chi connectivity index (χ4n) is 2.94. The van der Waals surface area contributed by atoms with Crippen molar-refractivity contribution in [3.63, 3.8) is 0 Å². The normalized spacial score (nSPS) is 20.9. The molecule has 2 aliphatic rings. The molecule has 1 saturated heterocycles. The molecule has 2 heterocycles. The molecule has 0 saturated carbocycles. The van der Waals surface area contributed by atoms with Crippen LogP contribution in [0.15, 0.2) is 12.1 Å². The minimum Gasteiger partial charge on any atom is -0.390 e. The number of amides is 4. The summed E-state index contributed by atoms with van der Waals surface area (Å²) in [5, 5.41) is 14.2. The Hall–Kier alpha value is -2.85. The van der Waals surface area contributed by atoms with E-state index in [4.69, 9.17) is 5.73 Å². The van der Waals surface area contributed by atoms with Gasteiger partial charge in [0.2, 0.25) is 11.8 Å². The lowest BCUT2D eigenvalue weighted by atomic mass is 10.0. The van der Waals surface area contributed by atoms with Crippen LogP contribution in [0.4, 0.5) is 10.1 Å². The Morgan fingerprint density at radius 2 is 1.92 bits per heavy atom. The van der Waals surface area contributed by atoms with E-state index >= 15 is 0 Å². The first-order valence-corrected chi connectivity index (χ1v) is 8.00. The number of imide groups is 2. The molecule has 5 N–H and O–H groups in total. The molecule has 26 heavy (non-hydrogen) atoms. The molecular weight excluding hydrogens is 347 g/mol. The number of fused-ring (bicyclic) bond motifs is 1. The smallest absolute Gasteiger partial charge is 0.262 e. The third kappa shape index (κ3) is 3.04. The van der Waals surface area contributed by atoms with Crippen molar-refractivity contribution in [1.82, 2.24) is 10.2 Å². The standard InChI is InChI=1S/C16H17FN4O5/c17-10-3-8-9(4-11(10)19-6-7(22)5-18)16(26)21(15(8)25)12-1-2-13(23)20-14(12)24/h3-4,7,12,19,22H,1-2,5-6,18H2,(H,20,23,24). The maximum atomic E-state index is 14.2. The lowest BCUT2D eigenvalue weighted by Crippen LogP contribution is -2.54. The van der Waals surface area contributed by atoms with Crippen molar-refractivity contribution in [2.45, 2.75) is 25.0 Å². The molecule has 0 radical (unpaired) electrons. The highest BCUT2D eigenvalue weighted by Crippen LogP contribution is 2.31. The first kappa shape index (κ1) is 18.0. The van der Waals surface area contributed by atoms with Crippen molar-refractivity contribution in [3.05, 3.63) is 29.1 Å². The van der Waals surface area contributed by atoms with Crippen LogP contribution in [-0.4, -0.2) is 58.9 Å². The van der Waals surface area contributed by atoms with E-state index in [1.54, 1.807) is 0 Å². The van der Waals surface area contributed by atoms with Gasteiger partial charge in [0.25, 0.3) is 11.8 Å². The molecule has 9 nitrogen and oxygen atoms in total. The van der Waals surface area contributed by atoms with Crippen LogP contribution < -0.4 is 16.4 Å². The molecule has 0 bridgehead atoms. The number of rotatable bonds is 5. The number of hydrogen-bond donors (Lipinski definition) is 4. The second kappa shape index (κ2) is 6.81. The molecule has 138 valence electrons. The number of aliphatic hydroxyl groups excluding tert-OH is 1. The maximum Gasteiger partial charge on any atom is 0.262 e. The van der Waals surface area contributed by atoms with Gasteiger partial charge in [-0.1, -0.05) is 0 Å². The minimum atomic E-state index is -1.11. The second-order valence-corrected chi connectivity index (χ2v) is 6.10. The summed E-state index contributed by atoms with van der Waals surface area (Å²) in [6, 6.07) is 0.970. The Kier molecular flexibility index (Phi) is 4.70. The number of nitrogens with one attached hydrogen (secondary N) is 2. The molecule has 0 spiro atoms. The highest BCUT2D eigenvalue weighted by Gasteiger charge is 2.45. The van der Waals surface area contributed by atoms with Gasteiger partial charge in [-0.3, -0.25) is 29.4 Å². The van der Waals surface area contributed by atoms with E-state index in [2.05, 4.69) is 10.6 Å². The zero-order valence-corrected chi connectivity index (χ0v) is 13.6. The van der Waals surface area contributed by atoms with Crippen LogP contribution in [-0.2, 0) is 9.59 Å². The maximum absolute atomic E-state index is 14.2. The van der Waals surface area contributed by atoms with Gasteiger partial charge in [0.15, 0.2) is 0 Å². The van der Waals surface area contributed by atoms with Crippen LogP contribution in [0.3, 0.4) is 0 Å². The number of hydrogen-bond acceptors (Lipinski definition) is 7. The quantitative estimate of drug-likeness (QED) is 0.489. The summed E-state index contributed by atoms with van der Waals surface area (Å²) >= 11 is 0. The van der Waals surface area contributed by atoms with Crippen LogP contribution in [0, 0.1) is 5.82 Å². The summed E-state index contributed by atoms with van der Waals surface area (Å²) in [7, 11) is 0. The van der Waals surface area contributed by atoms with Gasteiger partial charge in [0, 0.05) is 19.5 Å². The first-order chi connectivity index (χ1) is 12.3. The number of nitrogens with two attached hydrogens (primary N) is 1. The van der Waals surface area contributed by atoms with Crippen LogP contribution in [0.1, 0.15) is 33.6 Å².